The van der Waals surface area contributed by atoms with Crippen LogP contribution in [0.2, 0.25) is 0 Å². The Hall–Kier alpha value is -0.920. The summed E-state index contributed by atoms with van der Waals surface area (Å²) in [4.78, 5) is 2.06. The van der Waals surface area contributed by atoms with Crippen LogP contribution in [-0.4, -0.2) is 17.7 Å². The predicted molar refractivity (Wildman–Crippen MR) is 36.6 cm³/mol. The fourth-order valence-electron chi connectivity index (χ4n) is 0.833. The molecule has 0 aliphatic carbocycles. The van der Waals surface area contributed by atoms with Gasteiger partial charge < -0.3 is 9.64 Å². The van der Waals surface area contributed by atoms with Crippen LogP contribution in [0, 0.1) is 0 Å². The second kappa shape index (κ2) is 2.58. The van der Waals surface area contributed by atoms with Gasteiger partial charge in [0, 0.05) is 12.7 Å². The summed E-state index contributed by atoms with van der Waals surface area (Å²) in [7, 11) is 0. The van der Waals surface area contributed by atoms with Crippen molar-refractivity contribution in [3.05, 3.63) is 25.1 Å². The molecule has 9 heavy (non-hydrogen) atoms. The first-order valence-corrected chi connectivity index (χ1v) is 3.09. The van der Waals surface area contributed by atoms with Gasteiger partial charge in [-0.15, -0.1) is 0 Å². The minimum absolute atomic E-state index is 0.0648. The lowest BCUT2D eigenvalue weighted by molar-refractivity contribution is 0.104. The zero-order chi connectivity index (χ0) is 6.69. The SMILES string of the molecule is C=CC1OC=CN1CC. The van der Waals surface area contributed by atoms with E-state index in [4.69, 9.17) is 4.74 Å². The minimum atomic E-state index is 0.0648. The van der Waals surface area contributed by atoms with Gasteiger partial charge in [-0.1, -0.05) is 6.58 Å². The largest absolute Gasteiger partial charge is 0.473 e. The molecule has 1 atom stereocenters. The first kappa shape index (κ1) is 6.20. The highest BCUT2D eigenvalue weighted by Crippen LogP contribution is 2.10. The van der Waals surface area contributed by atoms with Crippen molar-refractivity contribution in [2.45, 2.75) is 13.2 Å². The smallest absolute Gasteiger partial charge is 0.190 e. The van der Waals surface area contributed by atoms with Gasteiger partial charge in [0.2, 0.25) is 0 Å². The van der Waals surface area contributed by atoms with E-state index in [1.54, 1.807) is 12.3 Å². The van der Waals surface area contributed by atoms with Crippen LogP contribution in [0.1, 0.15) is 6.92 Å². The van der Waals surface area contributed by atoms with Crippen LogP contribution >= 0.6 is 0 Å². The maximum absolute atomic E-state index is 5.13. The van der Waals surface area contributed by atoms with E-state index in [9.17, 15) is 0 Å². The van der Waals surface area contributed by atoms with Gasteiger partial charge in [-0.05, 0) is 13.0 Å². The Balaban J connectivity index is 2.48. The Kier molecular flexibility index (Phi) is 1.78. The molecule has 1 aliphatic rings. The third-order valence-electron chi connectivity index (χ3n) is 1.36. The van der Waals surface area contributed by atoms with Crippen LogP contribution in [0.15, 0.2) is 25.1 Å². The van der Waals surface area contributed by atoms with E-state index in [0.29, 0.717) is 0 Å². The molecular formula is C7H11NO. The Bertz CT molecular complexity index is 131. The van der Waals surface area contributed by atoms with Crippen molar-refractivity contribution >= 4 is 0 Å². The molecule has 0 bridgehead atoms. The highest BCUT2D eigenvalue weighted by atomic mass is 16.5. The van der Waals surface area contributed by atoms with Crippen molar-refractivity contribution in [3.8, 4) is 0 Å². The van der Waals surface area contributed by atoms with Crippen LogP contribution < -0.4 is 0 Å². The molecule has 50 valence electrons. The second-order valence-electron chi connectivity index (χ2n) is 1.88. The van der Waals surface area contributed by atoms with Gasteiger partial charge in [0.05, 0.1) is 0 Å². The number of hydrogen-bond donors (Lipinski definition) is 0. The highest BCUT2D eigenvalue weighted by Gasteiger charge is 2.13. The molecule has 0 spiro atoms. The number of ether oxygens (including phenoxy) is 1. The van der Waals surface area contributed by atoms with E-state index in [-0.39, 0.29) is 6.23 Å². The normalized spacial score (nSPS) is 24.1. The molecule has 0 saturated carbocycles. The Morgan fingerprint density at radius 3 is 3.11 bits per heavy atom. The summed E-state index contributed by atoms with van der Waals surface area (Å²) in [6, 6.07) is 0. The Labute approximate surface area is 55.4 Å². The Morgan fingerprint density at radius 2 is 2.67 bits per heavy atom. The van der Waals surface area contributed by atoms with Gasteiger partial charge in [-0.25, -0.2) is 0 Å². The first-order chi connectivity index (χ1) is 4.38. The third-order valence-corrected chi connectivity index (χ3v) is 1.36. The summed E-state index contributed by atoms with van der Waals surface area (Å²) in [5.41, 5.74) is 0. The molecule has 0 radical (unpaired) electrons. The lowest BCUT2D eigenvalue weighted by Gasteiger charge is -2.18. The predicted octanol–water partition coefficient (Wildman–Crippen LogP) is 1.32. The Morgan fingerprint density at radius 1 is 1.89 bits per heavy atom. The van der Waals surface area contributed by atoms with E-state index >= 15 is 0 Å². The van der Waals surface area contributed by atoms with E-state index in [1.165, 1.54) is 0 Å². The van der Waals surface area contributed by atoms with Crippen LogP contribution in [-0.2, 0) is 4.74 Å². The molecule has 1 aliphatic heterocycles. The third kappa shape index (κ3) is 1.07. The van der Waals surface area contributed by atoms with Crippen molar-refractivity contribution in [3.63, 3.8) is 0 Å². The van der Waals surface area contributed by atoms with Gasteiger partial charge in [0.1, 0.15) is 6.26 Å². The molecule has 0 saturated heterocycles. The highest BCUT2D eigenvalue weighted by molar-refractivity contribution is 4.93. The van der Waals surface area contributed by atoms with Crippen LogP contribution in [0.5, 0.6) is 0 Å². The number of rotatable bonds is 2. The van der Waals surface area contributed by atoms with Gasteiger partial charge in [0.25, 0.3) is 0 Å². The maximum Gasteiger partial charge on any atom is 0.190 e. The molecular weight excluding hydrogens is 114 g/mol. The van der Waals surface area contributed by atoms with Crippen molar-refractivity contribution in [2.24, 2.45) is 0 Å². The lowest BCUT2D eigenvalue weighted by atomic mass is 10.5. The van der Waals surface area contributed by atoms with Crippen molar-refractivity contribution in [2.75, 3.05) is 6.54 Å². The standard InChI is InChI=1S/C7H11NO/c1-3-7-8(4-2)5-6-9-7/h3,5-7H,1,4H2,2H3. The van der Waals surface area contributed by atoms with Crippen LogP contribution in [0.3, 0.4) is 0 Å². The van der Waals surface area contributed by atoms with Crippen molar-refractivity contribution in [1.29, 1.82) is 0 Å². The quantitative estimate of drug-likeness (QED) is 0.516. The van der Waals surface area contributed by atoms with Crippen LogP contribution in [0.4, 0.5) is 0 Å². The molecule has 0 aromatic heterocycles. The fourth-order valence-corrected chi connectivity index (χ4v) is 0.833. The van der Waals surface area contributed by atoms with Crippen LogP contribution in [0.25, 0.3) is 0 Å². The van der Waals surface area contributed by atoms with E-state index in [0.717, 1.165) is 6.54 Å². The van der Waals surface area contributed by atoms with Crippen molar-refractivity contribution in [1.82, 2.24) is 4.90 Å². The van der Waals surface area contributed by atoms with E-state index in [2.05, 4.69) is 18.4 Å². The van der Waals surface area contributed by atoms with Gasteiger partial charge in [-0.3, -0.25) is 0 Å². The molecule has 0 amide bonds. The fraction of sp³-hybridized carbons (Fsp3) is 0.429. The zero-order valence-electron chi connectivity index (χ0n) is 5.58. The molecule has 0 fully saturated rings. The summed E-state index contributed by atoms with van der Waals surface area (Å²) in [5.74, 6) is 0. The average molecular weight is 125 g/mol. The summed E-state index contributed by atoms with van der Waals surface area (Å²) < 4.78 is 5.13. The topological polar surface area (TPSA) is 12.5 Å². The summed E-state index contributed by atoms with van der Waals surface area (Å²) in [6.45, 7) is 6.68. The number of hydrogen-bond acceptors (Lipinski definition) is 2. The molecule has 1 unspecified atom stereocenters. The minimum Gasteiger partial charge on any atom is -0.473 e. The van der Waals surface area contributed by atoms with E-state index < -0.39 is 0 Å². The molecule has 0 N–H and O–H groups in total. The molecule has 0 aromatic rings. The molecule has 1 rings (SSSR count). The van der Waals surface area contributed by atoms with E-state index in [1.807, 2.05) is 6.20 Å². The summed E-state index contributed by atoms with van der Waals surface area (Å²) >= 11 is 0. The second-order valence-corrected chi connectivity index (χ2v) is 1.88. The zero-order valence-corrected chi connectivity index (χ0v) is 5.58. The molecule has 1 heterocycles. The lowest BCUT2D eigenvalue weighted by Crippen LogP contribution is -2.25. The van der Waals surface area contributed by atoms with Gasteiger partial charge in [-0.2, -0.15) is 0 Å². The first-order valence-electron chi connectivity index (χ1n) is 3.09. The van der Waals surface area contributed by atoms with Gasteiger partial charge in [0.15, 0.2) is 6.23 Å². The number of nitrogens with zero attached hydrogens (tertiary/aromatic N) is 1. The average Bonchev–Trinajstić information content (AvgIpc) is 2.33. The molecule has 0 aromatic carbocycles. The summed E-state index contributed by atoms with van der Waals surface area (Å²) in [6.07, 6.45) is 5.46. The summed E-state index contributed by atoms with van der Waals surface area (Å²) in [5, 5.41) is 0. The monoisotopic (exact) mass is 125 g/mol. The van der Waals surface area contributed by atoms with Crippen molar-refractivity contribution < 1.29 is 4.74 Å². The molecule has 2 nitrogen and oxygen atoms in total. The maximum atomic E-state index is 5.13. The van der Waals surface area contributed by atoms with Gasteiger partial charge >= 0.3 is 0 Å². The molecule has 2 heteroatoms. The number of likely N-dealkylation sites (N-methyl/N-ethyl adjacent to an activating group) is 1.